The number of carbonyl (C=O) groups is 2. The van der Waals surface area contributed by atoms with Gasteiger partial charge in [-0.2, -0.15) is 15.1 Å². The van der Waals surface area contributed by atoms with Gasteiger partial charge < -0.3 is 19.8 Å². The van der Waals surface area contributed by atoms with Crippen LogP contribution in [0.3, 0.4) is 0 Å². The Morgan fingerprint density at radius 2 is 1.65 bits per heavy atom. The lowest BCUT2D eigenvalue weighted by Gasteiger charge is -2.27. The van der Waals surface area contributed by atoms with Gasteiger partial charge in [0.15, 0.2) is 6.54 Å². The zero-order valence-corrected chi connectivity index (χ0v) is 27.6. The molecule has 0 saturated heterocycles. The lowest BCUT2D eigenvalue weighted by atomic mass is 9.78. The molecule has 2 aromatic carbocycles. The van der Waals surface area contributed by atoms with Crippen molar-refractivity contribution in [1.29, 1.82) is 10.5 Å². The fraction of sp³-hybridized carbons (Fsp3) is 0.343. The van der Waals surface area contributed by atoms with Gasteiger partial charge in [-0.1, -0.05) is 43.1 Å². The number of allylic oxidation sites excluding steroid dienone is 6. The van der Waals surface area contributed by atoms with Crippen molar-refractivity contribution in [1.82, 2.24) is 0 Å². The summed E-state index contributed by atoms with van der Waals surface area (Å²) in [4.78, 5) is 24.9. The fourth-order valence-corrected chi connectivity index (χ4v) is 6.69. The number of carboxylic acid groups (broad SMARTS) is 2. The Bertz CT molecular complexity index is 1910. The zero-order valence-electron chi connectivity index (χ0n) is 26.9. The Balaban J connectivity index is 1.88. The molecule has 0 spiro atoms. The minimum Gasteiger partial charge on any atom is -0.481 e. The van der Waals surface area contributed by atoms with Crippen molar-refractivity contribution in [3.05, 3.63) is 87.1 Å². The number of ether oxygens (including phenoxy) is 1. The molecule has 0 radical (unpaired) electrons. The van der Waals surface area contributed by atoms with Crippen molar-refractivity contribution in [2.24, 2.45) is 0 Å². The summed E-state index contributed by atoms with van der Waals surface area (Å²) in [6, 6.07) is 13.7. The molecule has 2 heterocycles. The van der Waals surface area contributed by atoms with Crippen LogP contribution in [0.25, 0.3) is 0 Å². The van der Waals surface area contributed by atoms with Crippen molar-refractivity contribution in [3.63, 3.8) is 0 Å². The molecule has 9 nitrogen and oxygen atoms in total. The van der Waals surface area contributed by atoms with E-state index in [1.54, 1.807) is 23.3 Å². The normalized spacial score (nSPS) is 17.8. The maximum atomic E-state index is 13.0. The van der Waals surface area contributed by atoms with Crippen LogP contribution < -0.4 is 9.64 Å². The lowest BCUT2D eigenvalue weighted by Crippen LogP contribution is -2.31. The number of aryl methyl sites for hydroxylation is 1. The minimum absolute atomic E-state index is 0.00394. The monoisotopic (exact) mass is 681 g/mol. The van der Waals surface area contributed by atoms with Gasteiger partial charge in [0.05, 0.1) is 17.4 Å². The highest BCUT2D eigenvalue weighted by Gasteiger charge is 2.48. The molecule has 0 amide bonds. The quantitative estimate of drug-likeness (QED) is 0.151. The first kappa shape index (κ1) is 35.8. The summed E-state index contributed by atoms with van der Waals surface area (Å²) in [5.74, 6) is -2.60. The molecular formula is C35H33ClF3N4O5+. The molecule has 0 fully saturated rings. The number of carboxylic acids is 2. The van der Waals surface area contributed by atoms with Gasteiger partial charge in [0.25, 0.3) is 0 Å². The number of rotatable bonds is 10. The number of benzene rings is 2. The third-order valence-electron chi connectivity index (χ3n) is 8.42. The number of fused-ring (bicyclic) bond motifs is 2. The highest BCUT2D eigenvalue weighted by Crippen LogP contribution is 2.50. The summed E-state index contributed by atoms with van der Waals surface area (Å²) in [6.07, 6.45) is -2.77. The van der Waals surface area contributed by atoms with E-state index in [-0.39, 0.29) is 42.1 Å². The van der Waals surface area contributed by atoms with Crippen LogP contribution in [-0.2, 0) is 20.4 Å². The molecule has 0 bridgehead atoms. The number of anilines is 1. The van der Waals surface area contributed by atoms with Crippen LogP contribution in [0.15, 0.2) is 70.4 Å². The van der Waals surface area contributed by atoms with Crippen molar-refractivity contribution >= 4 is 40.6 Å². The summed E-state index contributed by atoms with van der Waals surface area (Å²) in [6.45, 7) is 9.13. The number of aliphatic carboxylic acids is 2. The second-order valence-electron chi connectivity index (χ2n) is 12.5. The number of hydrogen-bond acceptors (Lipinski definition) is 6. The maximum Gasteiger partial charge on any atom is 0.573 e. The van der Waals surface area contributed by atoms with Crippen molar-refractivity contribution in [2.45, 2.75) is 64.7 Å². The van der Waals surface area contributed by atoms with Gasteiger partial charge in [-0.05, 0) is 56.7 Å². The van der Waals surface area contributed by atoms with E-state index in [0.29, 0.717) is 22.7 Å². The summed E-state index contributed by atoms with van der Waals surface area (Å²) in [7, 11) is 0. The molecule has 0 aliphatic carbocycles. The first-order valence-corrected chi connectivity index (χ1v) is 15.2. The van der Waals surface area contributed by atoms with E-state index < -0.39 is 34.9 Å². The first-order chi connectivity index (χ1) is 22.3. The van der Waals surface area contributed by atoms with E-state index >= 15 is 0 Å². The van der Waals surface area contributed by atoms with E-state index in [9.17, 15) is 43.5 Å². The molecule has 250 valence electrons. The van der Waals surface area contributed by atoms with Crippen LogP contribution in [0, 0.1) is 29.6 Å². The van der Waals surface area contributed by atoms with Crippen LogP contribution in [0.2, 0.25) is 0 Å². The van der Waals surface area contributed by atoms with Crippen LogP contribution >= 0.6 is 11.6 Å². The van der Waals surface area contributed by atoms with Gasteiger partial charge in [0.2, 0.25) is 11.4 Å². The molecule has 0 atom stereocenters. The second kappa shape index (κ2) is 13.2. The smallest absolute Gasteiger partial charge is 0.481 e. The first-order valence-electron chi connectivity index (χ1n) is 14.8. The second-order valence-corrected chi connectivity index (χ2v) is 12.9. The predicted octanol–water partition coefficient (Wildman–Crippen LogP) is 7.37. The van der Waals surface area contributed by atoms with Crippen LogP contribution in [-0.4, -0.2) is 51.9 Å². The van der Waals surface area contributed by atoms with Gasteiger partial charge in [-0.25, -0.2) is 0 Å². The van der Waals surface area contributed by atoms with E-state index in [1.807, 2.05) is 39.0 Å². The number of hydrogen-bond donors (Lipinski definition) is 2. The Morgan fingerprint density at radius 3 is 2.23 bits per heavy atom. The summed E-state index contributed by atoms with van der Waals surface area (Å²) in [5.41, 5.74) is 2.55. The molecule has 4 rings (SSSR count). The zero-order chi connectivity index (χ0) is 35.8. The van der Waals surface area contributed by atoms with Crippen LogP contribution in [0.1, 0.15) is 57.2 Å². The van der Waals surface area contributed by atoms with E-state index in [1.165, 1.54) is 24.3 Å². The summed E-state index contributed by atoms with van der Waals surface area (Å²) < 4.78 is 44.8. The minimum atomic E-state index is -4.94. The molecule has 2 N–H and O–H groups in total. The van der Waals surface area contributed by atoms with Gasteiger partial charge in [0, 0.05) is 40.0 Å². The molecule has 2 aliphatic heterocycles. The molecule has 13 heteroatoms. The Labute approximate surface area is 280 Å². The molecule has 48 heavy (non-hydrogen) atoms. The van der Waals surface area contributed by atoms with Crippen LogP contribution in [0.5, 0.6) is 5.75 Å². The van der Waals surface area contributed by atoms with E-state index in [0.717, 1.165) is 22.9 Å². The summed E-state index contributed by atoms with van der Waals surface area (Å²) >= 11 is 6.73. The average Bonchev–Trinajstić information content (AvgIpc) is 3.33. The Kier molecular flexibility index (Phi) is 9.84. The molecule has 0 saturated carbocycles. The number of nitrogens with zero attached hydrogens (tertiary/aromatic N) is 4. The Morgan fingerprint density at radius 1 is 0.979 bits per heavy atom. The summed E-state index contributed by atoms with van der Waals surface area (Å²) in [5, 5.41) is 39.6. The van der Waals surface area contributed by atoms with Gasteiger partial charge >= 0.3 is 18.3 Å². The van der Waals surface area contributed by atoms with Crippen molar-refractivity contribution in [2.75, 3.05) is 18.0 Å². The van der Waals surface area contributed by atoms with Gasteiger partial charge in [0.1, 0.15) is 29.9 Å². The van der Waals surface area contributed by atoms with Crippen molar-refractivity contribution in [3.8, 4) is 17.9 Å². The molecule has 2 aliphatic rings. The number of nitriles is 2. The third kappa shape index (κ3) is 7.09. The van der Waals surface area contributed by atoms with Crippen molar-refractivity contribution < 1.29 is 42.3 Å². The molecular weight excluding hydrogens is 649 g/mol. The van der Waals surface area contributed by atoms with Gasteiger partial charge in [-0.15, -0.1) is 13.2 Å². The highest BCUT2D eigenvalue weighted by atomic mass is 35.5. The largest absolute Gasteiger partial charge is 0.573 e. The van der Waals surface area contributed by atoms with Gasteiger partial charge in [-0.3, -0.25) is 9.59 Å². The van der Waals surface area contributed by atoms with E-state index in [2.05, 4.69) is 16.9 Å². The average molecular weight is 682 g/mol. The third-order valence-corrected chi connectivity index (χ3v) is 8.64. The van der Waals surface area contributed by atoms with Crippen LogP contribution in [0.4, 0.5) is 24.5 Å². The topological polar surface area (TPSA) is 138 Å². The van der Waals surface area contributed by atoms with E-state index in [4.69, 9.17) is 11.6 Å². The Hall–Kier alpha value is -5.07. The maximum absolute atomic E-state index is 13.0. The molecule has 0 aromatic heterocycles. The highest BCUT2D eigenvalue weighted by molar-refractivity contribution is 6.32. The molecule has 0 unspecified atom stereocenters. The standard InChI is InChI=1S/C35H32ClF3N4O5/c1-20-6-8-27-25(14-20)33(2,3)31(42(27)12-10-29(44)45)21(18-40)15-23(36)16-22(19-41)32-34(4,5)26-17-24(48-35(37,38)39)7-9-28(26)43(32)13-11-30(46)47/h6-9,14-17H,10-13H2,1-5H3,(H-,44,45,46,47)/p+1. The predicted molar refractivity (Wildman–Crippen MR) is 172 cm³/mol. The number of halogens is 4. The molecule has 2 aromatic rings. The number of alkyl halides is 3. The SMILES string of the molecule is Cc1ccc2c(c1)C(C)(C)C(=C(C#N)C=C(Cl)C=C(C#N)C1=[N+](CCC(=O)O)c3ccc(OC(F)(F)F)cc3C1(C)C)N2CCC(=O)O. The lowest BCUT2D eigenvalue weighted by molar-refractivity contribution is -0.437. The fourth-order valence-electron chi connectivity index (χ4n) is 6.47.